The number of alkyl halides is 2. The summed E-state index contributed by atoms with van der Waals surface area (Å²) in [5.41, 5.74) is 1.06. The first-order chi connectivity index (χ1) is 11.8. The van der Waals surface area contributed by atoms with Gasteiger partial charge in [0, 0.05) is 5.56 Å². The molecule has 0 radical (unpaired) electrons. The molecule has 0 saturated carbocycles. The molecular formula is C14H12F2N4O4S. The minimum atomic E-state index is -3.60. The first-order valence-electron chi connectivity index (χ1n) is 6.92. The Kier molecular flexibility index (Phi) is 4.49. The first kappa shape index (κ1) is 17.0. The molecule has 0 fully saturated rings. The van der Waals surface area contributed by atoms with Crippen molar-refractivity contribution in [2.45, 2.75) is 13.0 Å². The molecule has 25 heavy (non-hydrogen) atoms. The Bertz CT molecular complexity index is 940. The third-order valence-electron chi connectivity index (χ3n) is 3.19. The van der Waals surface area contributed by atoms with Crippen LogP contribution >= 0.6 is 0 Å². The highest BCUT2D eigenvalue weighted by Crippen LogP contribution is 2.24. The van der Waals surface area contributed by atoms with E-state index in [4.69, 9.17) is 8.83 Å². The van der Waals surface area contributed by atoms with Crippen molar-refractivity contribution in [2.75, 3.05) is 10.6 Å². The monoisotopic (exact) mass is 370 g/mol. The normalized spacial score (nSPS) is 11.8. The lowest BCUT2D eigenvalue weighted by Gasteiger charge is -2.18. The Morgan fingerprint density at radius 1 is 1.20 bits per heavy atom. The van der Waals surface area contributed by atoms with Crippen LogP contribution in [0.3, 0.4) is 0 Å². The van der Waals surface area contributed by atoms with Crippen LogP contribution < -0.4 is 4.31 Å². The van der Waals surface area contributed by atoms with Crippen molar-refractivity contribution in [3.8, 4) is 11.5 Å². The lowest BCUT2D eigenvalue weighted by atomic mass is 10.1. The summed E-state index contributed by atoms with van der Waals surface area (Å²) >= 11 is 0. The summed E-state index contributed by atoms with van der Waals surface area (Å²) in [5.74, 6) is -0.805. The summed E-state index contributed by atoms with van der Waals surface area (Å²) in [5, 5.41) is 6.80. The number of nitrogens with zero attached hydrogens (tertiary/aromatic N) is 4. The van der Waals surface area contributed by atoms with Crippen molar-refractivity contribution < 1.29 is 26.0 Å². The van der Waals surface area contributed by atoms with Crippen LogP contribution in [0.1, 0.15) is 17.9 Å². The summed E-state index contributed by atoms with van der Waals surface area (Å²) < 4.78 is 59.7. The Morgan fingerprint density at radius 3 is 2.44 bits per heavy atom. The summed E-state index contributed by atoms with van der Waals surface area (Å²) in [6.07, 6.45) is 0.805. The number of anilines is 1. The second-order valence-corrected chi connectivity index (χ2v) is 6.93. The van der Waals surface area contributed by atoms with Crippen molar-refractivity contribution in [1.29, 1.82) is 0 Å². The molecule has 0 N–H and O–H groups in total. The van der Waals surface area contributed by atoms with E-state index in [0.29, 0.717) is 11.1 Å². The molecule has 0 bridgehead atoms. The molecule has 0 amide bonds. The van der Waals surface area contributed by atoms with Gasteiger partial charge >= 0.3 is 12.4 Å². The zero-order valence-corrected chi connectivity index (χ0v) is 13.7. The molecule has 3 rings (SSSR count). The third kappa shape index (κ3) is 3.82. The molecule has 0 unspecified atom stereocenters. The quantitative estimate of drug-likeness (QED) is 0.657. The van der Waals surface area contributed by atoms with Crippen LogP contribution in [0.4, 0.5) is 14.8 Å². The van der Waals surface area contributed by atoms with Gasteiger partial charge in [0.1, 0.15) is 6.26 Å². The van der Waals surface area contributed by atoms with E-state index >= 15 is 0 Å². The number of halogens is 2. The van der Waals surface area contributed by atoms with Gasteiger partial charge in [-0.1, -0.05) is 12.1 Å². The molecule has 0 saturated heterocycles. The zero-order valence-electron chi connectivity index (χ0n) is 12.8. The Balaban J connectivity index is 1.82. The third-order valence-corrected chi connectivity index (χ3v) is 4.27. The number of hydrogen-bond acceptors (Lipinski definition) is 7. The molecule has 2 heterocycles. The number of benzene rings is 1. The van der Waals surface area contributed by atoms with Gasteiger partial charge in [0.2, 0.25) is 15.9 Å². The van der Waals surface area contributed by atoms with Crippen molar-refractivity contribution in [3.05, 3.63) is 48.2 Å². The van der Waals surface area contributed by atoms with E-state index in [2.05, 4.69) is 15.2 Å². The van der Waals surface area contributed by atoms with E-state index < -0.39 is 22.3 Å². The molecule has 0 aliphatic rings. The average molecular weight is 370 g/mol. The van der Waals surface area contributed by atoms with Crippen LogP contribution in [-0.2, 0) is 16.6 Å². The largest absolute Gasteiger partial charge is 0.431 e. The molecule has 0 spiro atoms. The van der Waals surface area contributed by atoms with Crippen LogP contribution in [0.15, 0.2) is 45.6 Å². The molecule has 8 nitrogen and oxygen atoms in total. The summed E-state index contributed by atoms with van der Waals surface area (Å²) in [6, 6.07) is 6.30. The number of sulfonamides is 1. The van der Waals surface area contributed by atoms with Gasteiger partial charge in [-0.05, 0) is 17.7 Å². The highest BCUT2D eigenvalue weighted by molar-refractivity contribution is 7.92. The number of aromatic nitrogens is 3. The van der Waals surface area contributed by atoms with E-state index in [1.165, 1.54) is 12.5 Å². The van der Waals surface area contributed by atoms with Crippen LogP contribution in [-0.4, -0.2) is 29.9 Å². The van der Waals surface area contributed by atoms with Crippen molar-refractivity contribution in [3.63, 3.8) is 0 Å². The number of rotatable bonds is 6. The topological polar surface area (TPSA) is 102 Å². The van der Waals surface area contributed by atoms with E-state index in [9.17, 15) is 17.2 Å². The van der Waals surface area contributed by atoms with E-state index in [1.54, 1.807) is 24.3 Å². The smallest absolute Gasteiger partial charge is 0.314 e. The van der Waals surface area contributed by atoms with E-state index in [0.717, 1.165) is 10.6 Å². The molecule has 1 aromatic carbocycles. The molecule has 0 aliphatic heterocycles. The predicted octanol–water partition coefficient (Wildman–Crippen LogP) is 2.63. The molecule has 0 aliphatic carbocycles. The fourth-order valence-electron chi connectivity index (χ4n) is 2.02. The van der Waals surface area contributed by atoms with Crippen LogP contribution in [0.25, 0.3) is 11.5 Å². The Morgan fingerprint density at radius 2 is 1.92 bits per heavy atom. The second kappa shape index (κ2) is 6.59. The van der Waals surface area contributed by atoms with E-state index in [-0.39, 0.29) is 18.5 Å². The highest BCUT2D eigenvalue weighted by Gasteiger charge is 2.22. The van der Waals surface area contributed by atoms with Crippen LogP contribution in [0.2, 0.25) is 0 Å². The summed E-state index contributed by atoms with van der Waals surface area (Å²) in [4.78, 5) is 3.84. The van der Waals surface area contributed by atoms with Crippen molar-refractivity contribution in [1.82, 2.24) is 15.2 Å². The van der Waals surface area contributed by atoms with Gasteiger partial charge < -0.3 is 8.83 Å². The maximum Gasteiger partial charge on any atom is 0.314 e. The average Bonchev–Trinajstić information content (AvgIpc) is 3.23. The SMILES string of the molecule is CS(=O)(=O)N(Cc1ccc(-c2nnc(C(F)F)o2)cc1)c1ncco1. The lowest BCUT2D eigenvalue weighted by molar-refractivity contribution is 0.116. The predicted molar refractivity (Wildman–Crippen MR) is 82.2 cm³/mol. The highest BCUT2D eigenvalue weighted by atomic mass is 32.2. The summed E-state index contributed by atoms with van der Waals surface area (Å²) in [6.45, 7) is -0.00819. The van der Waals surface area contributed by atoms with Gasteiger partial charge in [0.15, 0.2) is 0 Å². The Hall–Kier alpha value is -2.82. The van der Waals surface area contributed by atoms with Crippen LogP contribution in [0.5, 0.6) is 0 Å². The van der Waals surface area contributed by atoms with Gasteiger partial charge in [0.05, 0.1) is 19.0 Å². The minimum Gasteiger partial charge on any atom is -0.431 e. The number of hydrogen-bond donors (Lipinski definition) is 0. The second-order valence-electron chi connectivity index (χ2n) is 5.03. The van der Waals surface area contributed by atoms with Crippen LogP contribution in [0, 0.1) is 0 Å². The van der Waals surface area contributed by atoms with Gasteiger partial charge in [-0.2, -0.15) is 8.78 Å². The fourth-order valence-corrected chi connectivity index (χ4v) is 2.78. The van der Waals surface area contributed by atoms with Crippen molar-refractivity contribution in [2.24, 2.45) is 0 Å². The van der Waals surface area contributed by atoms with Gasteiger partial charge in [-0.25, -0.2) is 17.7 Å². The lowest BCUT2D eigenvalue weighted by Crippen LogP contribution is -2.29. The molecule has 132 valence electrons. The maximum atomic E-state index is 12.5. The maximum absolute atomic E-state index is 12.5. The molecule has 11 heteroatoms. The first-order valence-corrected chi connectivity index (χ1v) is 8.77. The van der Waals surface area contributed by atoms with Gasteiger partial charge in [-0.3, -0.25) is 0 Å². The minimum absolute atomic E-state index is 0.00819. The molecule has 3 aromatic rings. The molecule has 0 atom stereocenters. The number of oxazole rings is 1. The van der Waals surface area contributed by atoms with E-state index in [1.807, 2.05) is 0 Å². The zero-order chi connectivity index (χ0) is 18.0. The fraction of sp³-hybridized carbons (Fsp3) is 0.214. The van der Waals surface area contributed by atoms with Gasteiger partial charge in [-0.15, -0.1) is 10.2 Å². The van der Waals surface area contributed by atoms with Crippen molar-refractivity contribution >= 4 is 16.0 Å². The summed E-state index contributed by atoms with van der Waals surface area (Å²) in [7, 11) is -3.60. The standard InChI is InChI=1S/C14H12F2N4O4S/c1-25(21,22)20(14-17-6-7-23-14)8-9-2-4-10(5-3-9)12-18-19-13(24-12)11(15)16/h2-7,11H,8H2,1H3. The van der Waals surface area contributed by atoms with Gasteiger partial charge in [0.25, 0.3) is 5.89 Å². The molecule has 2 aromatic heterocycles. The molecular weight excluding hydrogens is 358 g/mol. The Labute approximate surface area is 141 Å².